The summed E-state index contributed by atoms with van der Waals surface area (Å²) in [6, 6.07) is 19.1. The summed E-state index contributed by atoms with van der Waals surface area (Å²) in [4.78, 5) is 40.8. The van der Waals surface area contributed by atoms with Gasteiger partial charge in [0.05, 0.1) is 6.61 Å². The predicted octanol–water partition coefficient (Wildman–Crippen LogP) is 3.06. The Morgan fingerprint density at radius 3 is 2.40 bits per heavy atom. The zero-order valence-corrected chi connectivity index (χ0v) is 17.7. The number of aliphatic hydroxyl groups is 1. The average Bonchev–Trinajstić information content (AvgIpc) is 2.75. The van der Waals surface area contributed by atoms with Crippen LogP contribution in [0.15, 0.2) is 88.3 Å². The highest BCUT2D eigenvalue weighted by atomic mass is 79.9. The molecule has 3 aromatic rings. The largest absolute Gasteiger partial charge is 0.395 e. The molecule has 0 saturated carbocycles. The molecule has 1 unspecified atom stereocenters. The number of carbonyl (C=O) groups is 2. The fourth-order valence-electron chi connectivity index (χ4n) is 3.17. The minimum atomic E-state index is -1.37. The first kappa shape index (κ1) is 21.7. The highest BCUT2D eigenvalue weighted by molar-refractivity contribution is 9.10. The van der Waals surface area contributed by atoms with E-state index in [2.05, 4.69) is 15.9 Å². The Balaban J connectivity index is 2.03. The number of hydrogen-bond donors (Lipinski definition) is 1. The molecule has 0 aliphatic carbocycles. The summed E-state index contributed by atoms with van der Waals surface area (Å²) in [5.41, 5.74) is 0.707. The fourth-order valence-corrected chi connectivity index (χ4v) is 3.57. The van der Waals surface area contributed by atoms with Gasteiger partial charge >= 0.3 is 0 Å². The van der Waals surface area contributed by atoms with Crippen molar-refractivity contribution in [2.45, 2.75) is 12.6 Å². The van der Waals surface area contributed by atoms with Crippen molar-refractivity contribution in [2.24, 2.45) is 0 Å². The maximum absolute atomic E-state index is 13.5. The maximum atomic E-state index is 13.5. The number of pyridine rings is 1. The van der Waals surface area contributed by atoms with E-state index in [0.29, 0.717) is 10.0 Å². The molecule has 0 spiro atoms. The molecule has 1 heterocycles. The van der Waals surface area contributed by atoms with Crippen LogP contribution in [0.4, 0.5) is 0 Å². The molecule has 1 aromatic heterocycles. The smallest absolute Gasteiger partial charge is 0.254 e. The van der Waals surface area contributed by atoms with Gasteiger partial charge in [0, 0.05) is 35.4 Å². The summed E-state index contributed by atoms with van der Waals surface area (Å²) < 4.78 is 1.83. The zero-order valence-electron chi connectivity index (χ0n) is 16.1. The van der Waals surface area contributed by atoms with Crippen molar-refractivity contribution in [1.29, 1.82) is 0 Å². The Labute approximate surface area is 182 Å². The number of aromatic nitrogens is 1. The van der Waals surface area contributed by atoms with Gasteiger partial charge in [-0.1, -0.05) is 64.5 Å². The Kier molecular flexibility index (Phi) is 7.32. The third-order valence-electron chi connectivity index (χ3n) is 4.62. The lowest BCUT2D eigenvalue weighted by Crippen LogP contribution is -2.44. The number of hydrogen-bond acceptors (Lipinski definition) is 4. The lowest BCUT2D eigenvalue weighted by Gasteiger charge is -2.27. The molecule has 0 aliphatic heterocycles. The van der Waals surface area contributed by atoms with Gasteiger partial charge < -0.3 is 10.0 Å². The minimum absolute atomic E-state index is 0.0393. The third kappa shape index (κ3) is 5.11. The Bertz CT molecular complexity index is 1080. The van der Waals surface area contributed by atoms with Crippen molar-refractivity contribution in [3.05, 3.63) is 105 Å². The molecule has 30 heavy (non-hydrogen) atoms. The van der Waals surface area contributed by atoms with Crippen molar-refractivity contribution >= 4 is 27.6 Å². The van der Waals surface area contributed by atoms with Crippen LogP contribution in [0.2, 0.25) is 0 Å². The normalized spacial score (nSPS) is 11.7. The molecule has 3 rings (SSSR count). The Morgan fingerprint density at radius 1 is 1.00 bits per heavy atom. The molecule has 0 bridgehead atoms. The van der Waals surface area contributed by atoms with Crippen LogP contribution in [-0.4, -0.2) is 39.4 Å². The number of Topliss-reactive ketones (excluding diaryl/α,β-unsaturated/α-hetero) is 1. The number of benzene rings is 2. The summed E-state index contributed by atoms with van der Waals surface area (Å²) in [6.45, 7) is -0.0122. The van der Waals surface area contributed by atoms with Crippen LogP contribution in [-0.2, 0) is 11.3 Å². The molecule has 0 saturated heterocycles. The first-order chi connectivity index (χ1) is 14.5. The van der Waals surface area contributed by atoms with E-state index in [9.17, 15) is 19.5 Å². The molecular weight excluding hydrogens is 448 g/mol. The lowest BCUT2D eigenvalue weighted by atomic mass is 10.0. The number of carbonyl (C=O) groups excluding carboxylic acids is 2. The Hall–Kier alpha value is -3.03. The second-order valence-electron chi connectivity index (χ2n) is 6.69. The van der Waals surface area contributed by atoms with Crippen LogP contribution < -0.4 is 5.56 Å². The topological polar surface area (TPSA) is 79.6 Å². The summed E-state index contributed by atoms with van der Waals surface area (Å²) in [5.74, 6) is -1.04. The monoisotopic (exact) mass is 468 g/mol. The molecule has 2 aromatic carbocycles. The Morgan fingerprint density at radius 2 is 1.73 bits per heavy atom. The number of halogens is 1. The van der Waals surface area contributed by atoms with E-state index >= 15 is 0 Å². The van der Waals surface area contributed by atoms with Crippen LogP contribution in [0.1, 0.15) is 22.0 Å². The van der Waals surface area contributed by atoms with Crippen LogP contribution in [0.5, 0.6) is 0 Å². The van der Waals surface area contributed by atoms with Gasteiger partial charge in [-0.2, -0.15) is 0 Å². The van der Waals surface area contributed by atoms with E-state index in [0.717, 1.165) is 10.1 Å². The van der Waals surface area contributed by atoms with Gasteiger partial charge in [-0.25, -0.2) is 0 Å². The second kappa shape index (κ2) is 10.1. The lowest BCUT2D eigenvalue weighted by molar-refractivity contribution is -0.134. The van der Waals surface area contributed by atoms with Crippen molar-refractivity contribution in [1.82, 2.24) is 9.47 Å². The number of ketones is 1. The number of amides is 1. The first-order valence-corrected chi connectivity index (χ1v) is 10.2. The van der Waals surface area contributed by atoms with Gasteiger partial charge in [-0.15, -0.1) is 0 Å². The number of aliphatic hydroxyl groups excluding tert-OH is 1. The van der Waals surface area contributed by atoms with Gasteiger partial charge in [-0.3, -0.25) is 19.0 Å². The van der Waals surface area contributed by atoms with E-state index in [-0.39, 0.29) is 19.7 Å². The molecule has 7 heteroatoms. The quantitative estimate of drug-likeness (QED) is 0.406. The molecule has 0 aliphatic rings. The van der Waals surface area contributed by atoms with Crippen LogP contribution in [0.3, 0.4) is 0 Å². The van der Waals surface area contributed by atoms with Crippen LogP contribution >= 0.6 is 15.9 Å². The van der Waals surface area contributed by atoms with Crippen LogP contribution in [0, 0.1) is 0 Å². The molecule has 1 atom stereocenters. The van der Waals surface area contributed by atoms with Crippen molar-refractivity contribution < 1.29 is 14.7 Å². The molecule has 1 amide bonds. The average molecular weight is 469 g/mol. The SMILES string of the molecule is O=C(c1cccc(Br)c1)C(C(=O)N(CCO)Cc1ccccc1)n1ccccc1=O. The second-order valence-corrected chi connectivity index (χ2v) is 7.61. The number of nitrogens with zero attached hydrogens (tertiary/aromatic N) is 2. The van der Waals surface area contributed by atoms with Crippen molar-refractivity contribution in [3.8, 4) is 0 Å². The van der Waals surface area contributed by atoms with Gasteiger partial charge in [0.1, 0.15) is 0 Å². The third-order valence-corrected chi connectivity index (χ3v) is 5.11. The molecule has 0 radical (unpaired) electrons. The molecule has 1 N–H and O–H groups in total. The van der Waals surface area contributed by atoms with E-state index in [4.69, 9.17) is 0 Å². The predicted molar refractivity (Wildman–Crippen MR) is 117 cm³/mol. The van der Waals surface area contributed by atoms with E-state index in [1.807, 2.05) is 30.3 Å². The molecule has 154 valence electrons. The van der Waals surface area contributed by atoms with Crippen LogP contribution in [0.25, 0.3) is 0 Å². The summed E-state index contributed by atoms with van der Waals surface area (Å²) in [5, 5.41) is 9.51. The van der Waals surface area contributed by atoms with Gasteiger partial charge in [0.2, 0.25) is 0 Å². The first-order valence-electron chi connectivity index (χ1n) is 9.42. The molecule has 0 fully saturated rings. The summed E-state index contributed by atoms with van der Waals surface area (Å²) in [7, 11) is 0. The maximum Gasteiger partial charge on any atom is 0.254 e. The van der Waals surface area contributed by atoms with Crippen molar-refractivity contribution in [3.63, 3.8) is 0 Å². The zero-order chi connectivity index (χ0) is 21.5. The van der Waals surface area contributed by atoms with E-state index < -0.39 is 23.3 Å². The highest BCUT2D eigenvalue weighted by Crippen LogP contribution is 2.20. The van der Waals surface area contributed by atoms with E-state index in [1.165, 1.54) is 17.2 Å². The highest BCUT2D eigenvalue weighted by Gasteiger charge is 2.33. The molecule has 6 nitrogen and oxygen atoms in total. The number of rotatable bonds is 8. The molecular formula is C23H21BrN2O4. The fraction of sp³-hybridized carbons (Fsp3) is 0.174. The van der Waals surface area contributed by atoms with Gasteiger partial charge in [0.15, 0.2) is 11.8 Å². The summed E-state index contributed by atoms with van der Waals surface area (Å²) >= 11 is 3.34. The van der Waals surface area contributed by atoms with Crippen molar-refractivity contribution in [2.75, 3.05) is 13.2 Å². The van der Waals surface area contributed by atoms with E-state index in [1.54, 1.807) is 36.4 Å². The summed E-state index contributed by atoms with van der Waals surface area (Å²) in [6.07, 6.45) is 1.43. The van der Waals surface area contributed by atoms with Gasteiger partial charge in [-0.05, 0) is 23.8 Å². The minimum Gasteiger partial charge on any atom is -0.395 e. The standard InChI is InChI=1S/C23H21BrN2O4/c24-19-10-6-9-18(15-19)22(29)21(26-12-5-4-11-20(26)28)23(30)25(13-14-27)16-17-7-2-1-3-8-17/h1-12,15,21,27H,13-14,16H2. The van der Waals surface area contributed by atoms with Gasteiger partial charge in [0.25, 0.3) is 11.5 Å².